The number of hydrogen-bond acceptors (Lipinski definition) is 3. The average molecular weight is 269 g/mol. The van der Waals surface area contributed by atoms with Crippen molar-refractivity contribution in [3.8, 4) is 0 Å². The smallest absolute Gasteiger partial charge is 0.240 e. The quantitative estimate of drug-likeness (QED) is 0.872. The van der Waals surface area contributed by atoms with Crippen molar-refractivity contribution in [3.05, 3.63) is 29.8 Å². The second-order valence-corrected chi connectivity index (χ2v) is 7.28. The second-order valence-electron chi connectivity index (χ2n) is 5.56. The first kappa shape index (κ1) is 13.5. The van der Waals surface area contributed by atoms with Crippen molar-refractivity contribution < 1.29 is 13.5 Å². The molecule has 2 atom stereocenters. The van der Waals surface area contributed by atoms with E-state index in [9.17, 15) is 13.5 Å². The highest BCUT2D eigenvalue weighted by molar-refractivity contribution is 7.89. The third-order valence-electron chi connectivity index (χ3n) is 3.81. The van der Waals surface area contributed by atoms with Crippen LogP contribution in [0.4, 0.5) is 0 Å². The predicted molar refractivity (Wildman–Crippen MR) is 69.7 cm³/mol. The SMILES string of the molecule is Cc1cccc(S(=O)(=O)NC2CC(O)C2(C)C)c1. The molecule has 4 nitrogen and oxygen atoms in total. The number of benzene rings is 1. The molecule has 100 valence electrons. The number of aliphatic hydroxyl groups is 1. The third-order valence-corrected chi connectivity index (χ3v) is 5.28. The van der Waals surface area contributed by atoms with Crippen LogP contribution in [-0.2, 0) is 10.0 Å². The molecule has 0 radical (unpaired) electrons. The lowest BCUT2D eigenvalue weighted by Crippen LogP contribution is -2.61. The van der Waals surface area contributed by atoms with Gasteiger partial charge in [0.1, 0.15) is 0 Å². The molecule has 2 rings (SSSR count). The predicted octanol–water partition coefficient (Wildman–Crippen LogP) is 1.43. The summed E-state index contributed by atoms with van der Waals surface area (Å²) in [5.74, 6) is 0. The average Bonchev–Trinajstić information content (AvgIpc) is 2.28. The maximum absolute atomic E-state index is 12.2. The van der Waals surface area contributed by atoms with Crippen molar-refractivity contribution in [1.29, 1.82) is 0 Å². The van der Waals surface area contributed by atoms with Gasteiger partial charge in [-0.2, -0.15) is 0 Å². The molecule has 2 unspecified atom stereocenters. The molecule has 1 aliphatic rings. The van der Waals surface area contributed by atoms with Gasteiger partial charge in [-0.25, -0.2) is 13.1 Å². The molecule has 1 aromatic carbocycles. The van der Waals surface area contributed by atoms with Crippen molar-refractivity contribution in [2.45, 2.75) is 44.2 Å². The molecule has 0 aliphatic heterocycles. The van der Waals surface area contributed by atoms with Gasteiger partial charge in [-0.1, -0.05) is 26.0 Å². The zero-order chi connectivity index (χ0) is 13.6. The Balaban J connectivity index is 2.19. The highest BCUT2D eigenvalue weighted by Gasteiger charge is 2.48. The number of aryl methyl sites for hydroxylation is 1. The molecular formula is C13H19NO3S. The van der Waals surface area contributed by atoms with Crippen LogP contribution in [-0.4, -0.2) is 25.7 Å². The Kier molecular flexibility index (Phi) is 3.25. The van der Waals surface area contributed by atoms with Gasteiger partial charge in [-0.05, 0) is 31.0 Å². The Morgan fingerprint density at radius 1 is 1.39 bits per heavy atom. The fourth-order valence-corrected chi connectivity index (χ4v) is 3.65. The molecule has 2 N–H and O–H groups in total. The summed E-state index contributed by atoms with van der Waals surface area (Å²) < 4.78 is 27.0. The molecule has 0 amide bonds. The van der Waals surface area contributed by atoms with Crippen molar-refractivity contribution in [1.82, 2.24) is 4.72 Å². The standard InChI is InChI=1S/C13H19NO3S/c1-9-5-4-6-10(7-9)18(16,17)14-11-8-12(15)13(11,2)3/h4-7,11-12,14-15H,8H2,1-3H3. The molecular weight excluding hydrogens is 250 g/mol. The van der Waals surface area contributed by atoms with Gasteiger partial charge in [0.2, 0.25) is 10.0 Å². The van der Waals surface area contributed by atoms with Crippen LogP contribution in [0.2, 0.25) is 0 Å². The molecule has 1 fully saturated rings. The number of nitrogens with one attached hydrogen (secondary N) is 1. The summed E-state index contributed by atoms with van der Waals surface area (Å²) in [5, 5.41) is 9.62. The van der Waals surface area contributed by atoms with Crippen LogP contribution in [0.15, 0.2) is 29.2 Å². The van der Waals surface area contributed by atoms with Gasteiger partial charge in [0.25, 0.3) is 0 Å². The van der Waals surface area contributed by atoms with Crippen molar-refractivity contribution >= 4 is 10.0 Å². The van der Waals surface area contributed by atoms with Crippen LogP contribution in [0.3, 0.4) is 0 Å². The van der Waals surface area contributed by atoms with E-state index in [4.69, 9.17) is 0 Å². The number of aliphatic hydroxyl groups excluding tert-OH is 1. The van der Waals surface area contributed by atoms with E-state index in [0.717, 1.165) is 5.56 Å². The lowest BCUT2D eigenvalue weighted by Gasteiger charge is -2.49. The van der Waals surface area contributed by atoms with Gasteiger partial charge < -0.3 is 5.11 Å². The molecule has 1 aromatic rings. The molecule has 1 aliphatic carbocycles. The summed E-state index contributed by atoms with van der Waals surface area (Å²) in [5.41, 5.74) is 0.502. The van der Waals surface area contributed by atoms with E-state index in [1.165, 1.54) is 0 Å². The van der Waals surface area contributed by atoms with E-state index in [1.54, 1.807) is 18.2 Å². The second kappa shape index (κ2) is 4.33. The summed E-state index contributed by atoms with van der Waals surface area (Å²) in [7, 11) is -3.50. The van der Waals surface area contributed by atoms with Gasteiger partial charge in [-0.3, -0.25) is 0 Å². The number of sulfonamides is 1. The molecule has 0 spiro atoms. The first-order valence-electron chi connectivity index (χ1n) is 6.00. The van der Waals surface area contributed by atoms with Crippen LogP contribution < -0.4 is 4.72 Å². The lowest BCUT2D eigenvalue weighted by atomic mass is 9.65. The van der Waals surface area contributed by atoms with Gasteiger partial charge in [-0.15, -0.1) is 0 Å². The Morgan fingerprint density at radius 2 is 2.06 bits per heavy atom. The minimum atomic E-state index is -3.50. The molecule has 0 heterocycles. The molecule has 0 bridgehead atoms. The van der Waals surface area contributed by atoms with Gasteiger partial charge in [0.05, 0.1) is 11.0 Å². The largest absolute Gasteiger partial charge is 0.392 e. The first-order chi connectivity index (χ1) is 8.23. The van der Waals surface area contributed by atoms with E-state index in [0.29, 0.717) is 6.42 Å². The summed E-state index contributed by atoms with van der Waals surface area (Å²) in [6.07, 6.45) is 0.0283. The maximum Gasteiger partial charge on any atom is 0.240 e. The van der Waals surface area contributed by atoms with Crippen molar-refractivity contribution in [2.75, 3.05) is 0 Å². The maximum atomic E-state index is 12.2. The topological polar surface area (TPSA) is 66.4 Å². The van der Waals surface area contributed by atoms with Crippen molar-refractivity contribution in [3.63, 3.8) is 0 Å². The van der Waals surface area contributed by atoms with Gasteiger partial charge >= 0.3 is 0 Å². The fourth-order valence-electron chi connectivity index (χ4n) is 2.14. The summed E-state index contributed by atoms with van der Waals surface area (Å²) >= 11 is 0. The van der Waals surface area contributed by atoms with E-state index in [2.05, 4.69) is 4.72 Å². The third kappa shape index (κ3) is 2.30. The first-order valence-corrected chi connectivity index (χ1v) is 7.49. The summed E-state index contributed by atoms with van der Waals surface area (Å²) in [6, 6.07) is 6.60. The zero-order valence-electron chi connectivity index (χ0n) is 10.8. The minimum absolute atomic E-state index is 0.210. The van der Waals surface area contributed by atoms with Gasteiger partial charge in [0.15, 0.2) is 0 Å². The van der Waals surface area contributed by atoms with Crippen LogP contribution in [0.5, 0.6) is 0 Å². The zero-order valence-corrected chi connectivity index (χ0v) is 11.7. The lowest BCUT2D eigenvalue weighted by molar-refractivity contribution is -0.0645. The fraction of sp³-hybridized carbons (Fsp3) is 0.538. The van der Waals surface area contributed by atoms with Crippen LogP contribution in [0.25, 0.3) is 0 Å². The number of rotatable bonds is 3. The van der Waals surface area contributed by atoms with Crippen molar-refractivity contribution in [2.24, 2.45) is 5.41 Å². The Hall–Kier alpha value is -0.910. The molecule has 18 heavy (non-hydrogen) atoms. The highest BCUT2D eigenvalue weighted by Crippen LogP contribution is 2.41. The van der Waals surface area contributed by atoms with Crippen LogP contribution >= 0.6 is 0 Å². The number of hydrogen-bond donors (Lipinski definition) is 2. The van der Waals surface area contributed by atoms with E-state index in [1.807, 2.05) is 26.8 Å². The minimum Gasteiger partial charge on any atom is -0.392 e. The normalized spacial score (nSPS) is 26.7. The Labute approximate surface area is 108 Å². The van der Waals surface area contributed by atoms with Crippen LogP contribution in [0, 0.1) is 12.3 Å². The molecule has 1 saturated carbocycles. The molecule has 0 aromatic heterocycles. The summed E-state index contributed by atoms with van der Waals surface area (Å²) in [6.45, 7) is 5.59. The Bertz CT molecular complexity index is 551. The monoisotopic (exact) mass is 269 g/mol. The summed E-state index contributed by atoms with van der Waals surface area (Å²) in [4.78, 5) is 0.277. The highest BCUT2D eigenvalue weighted by atomic mass is 32.2. The van der Waals surface area contributed by atoms with Gasteiger partial charge in [0, 0.05) is 11.5 Å². The van der Waals surface area contributed by atoms with Crippen LogP contribution in [0.1, 0.15) is 25.8 Å². The Morgan fingerprint density at radius 3 is 2.56 bits per heavy atom. The molecule has 5 heteroatoms. The molecule has 0 saturated heterocycles. The van der Waals surface area contributed by atoms with E-state index >= 15 is 0 Å². The van der Waals surface area contributed by atoms with E-state index in [-0.39, 0.29) is 10.9 Å². The van der Waals surface area contributed by atoms with E-state index < -0.39 is 21.5 Å².